The summed E-state index contributed by atoms with van der Waals surface area (Å²) in [6.45, 7) is 2.27. The molecule has 1 saturated carbocycles. The number of hydrogen-bond acceptors (Lipinski definition) is 4. The molecule has 0 atom stereocenters. The Hall–Kier alpha value is -3.80. The molecule has 1 aliphatic carbocycles. The maximum atomic E-state index is 14.1. The second-order valence-corrected chi connectivity index (χ2v) is 8.11. The highest BCUT2D eigenvalue weighted by Gasteiger charge is 2.33. The first-order valence-corrected chi connectivity index (χ1v) is 10.6. The molecule has 1 heterocycles. The van der Waals surface area contributed by atoms with Crippen LogP contribution in [0.1, 0.15) is 34.3 Å². The van der Waals surface area contributed by atoms with Crippen molar-refractivity contribution in [2.75, 3.05) is 0 Å². The molecule has 0 radical (unpaired) electrons. The van der Waals surface area contributed by atoms with E-state index in [0.29, 0.717) is 22.9 Å². The van der Waals surface area contributed by atoms with Gasteiger partial charge in [-0.25, -0.2) is 4.39 Å². The van der Waals surface area contributed by atoms with Crippen molar-refractivity contribution in [2.45, 2.75) is 32.4 Å². The Morgan fingerprint density at radius 3 is 2.38 bits per heavy atom. The topological polar surface area (TPSA) is 59.2 Å². The Labute approximate surface area is 185 Å². The third-order valence-corrected chi connectivity index (χ3v) is 5.62. The average molecular weight is 427 g/mol. The van der Waals surface area contributed by atoms with Crippen molar-refractivity contribution in [3.63, 3.8) is 0 Å². The lowest BCUT2D eigenvalue weighted by Crippen LogP contribution is -2.32. The molecule has 6 heteroatoms. The van der Waals surface area contributed by atoms with Gasteiger partial charge < -0.3 is 9.32 Å². The van der Waals surface area contributed by atoms with Crippen molar-refractivity contribution in [1.29, 1.82) is 0 Å². The first-order valence-electron chi connectivity index (χ1n) is 10.6. The maximum absolute atomic E-state index is 14.1. The van der Waals surface area contributed by atoms with Crippen molar-refractivity contribution < 1.29 is 13.6 Å². The Bertz CT molecular complexity index is 1260. The predicted molar refractivity (Wildman–Crippen MR) is 119 cm³/mol. The van der Waals surface area contributed by atoms with Gasteiger partial charge in [0.15, 0.2) is 0 Å². The number of aromatic nitrogens is 2. The molecule has 1 amide bonds. The van der Waals surface area contributed by atoms with E-state index < -0.39 is 0 Å². The minimum atomic E-state index is -0.290. The summed E-state index contributed by atoms with van der Waals surface area (Å²) in [5.41, 5.74) is 3.79. The van der Waals surface area contributed by atoms with E-state index in [4.69, 9.17) is 4.42 Å². The monoisotopic (exact) mass is 427 g/mol. The van der Waals surface area contributed by atoms with Gasteiger partial charge in [-0.1, -0.05) is 35.9 Å². The molecule has 0 N–H and O–H groups in total. The second kappa shape index (κ2) is 8.38. The van der Waals surface area contributed by atoms with Crippen LogP contribution in [0.4, 0.5) is 4.39 Å². The Balaban J connectivity index is 1.35. The summed E-state index contributed by atoms with van der Waals surface area (Å²) in [5, 5.41) is 8.30. The smallest absolute Gasteiger partial charge is 0.254 e. The average Bonchev–Trinajstić information content (AvgIpc) is 3.53. The van der Waals surface area contributed by atoms with E-state index in [9.17, 15) is 9.18 Å². The Morgan fingerprint density at radius 2 is 1.69 bits per heavy atom. The first kappa shape index (κ1) is 20.1. The molecular formula is C26H22FN3O2. The van der Waals surface area contributed by atoms with Gasteiger partial charge >= 0.3 is 0 Å². The van der Waals surface area contributed by atoms with Crippen LogP contribution in [0, 0.1) is 12.7 Å². The van der Waals surface area contributed by atoms with Gasteiger partial charge in [0, 0.05) is 34.8 Å². The molecule has 0 saturated heterocycles. The number of carbonyl (C=O) groups is 1. The number of aryl methyl sites for hydroxylation is 1. The minimum absolute atomic E-state index is 0.103. The molecule has 1 aliphatic rings. The van der Waals surface area contributed by atoms with Crippen molar-refractivity contribution in [3.05, 3.63) is 95.3 Å². The van der Waals surface area contributed by atoms with Crippen molar-refractivity contribution >= 4 is 5.91 Å². The van der Waals surface area contributed by atoms with Crippen LogP contribution in [-0.2, 0) is 6.54 Å². The summed E-state index contributed by atoms with van der Waals surface area (Å²) in [7, 11) is 0. The highest BCUT2D eigenvalue weighted by atomic mass is 19.1. The van der Waals surface area contributed by atoms with Crippen LogP contribution in [0.25, 0.3) is 22.9 Å². The van der Waals surface area contributed by atoms with Gasteiger partial charge in [-0.3, -0.25) is 4.79 Å². The summed E-state index contributed by atoms with van der Waals surface area (Å²) < 4.78 is 20.0. The molecule has 160 valence electrons. The number of halogens is 1. The number of hydrogen-bond donors (Lipinski definition) is 0. The molecule has 1 fully saturated rings. The number of rotatable bonds is 6. The third kappa shape index (κ3) is 4.17. The van der Waals surface area contributed by atoms with Crippen LogP contribution in [0.15, 0.2) is 77.2 Å². The molecule has 5 nitrogen and oxygen atoms in total. The molecular weight excluding hydrogens is 405 g/mol. The molecule has 0 aliphatic heterocycles. The van der Waals surface area contributed by atoms with Gasteiger partial charge in [-0.15, -0.1) is 10.2 Å². The van der Waals surface area contributed by atoms with E-state index in [1.54, 1.807) is 47.4 Å². The van der Waals surface area contributed by atoms with Gasteiger partial charge in [0.25, 0.3) is 5.91 Å². The molecule has 0 bridgehead atoms. The van der Waals surface area contributed by atoms with Crippen LogP contribution in [0.2, 0.25) is 0 Å². The zero-order valence-corrected chi connectivity index (χ0v) is 17.7. The van der Waals surface area contributed by atoms with Crippen LogP contribution >= 0.6 is 0 Å². The lowest BCUT2D eigenvalue weighted by molar-refractivity contribution is 0.0728. The number of carbonyl (C=O) groups excluding carboxylic acids is 1. The van der Waals surface area contributed by atoms with Crippen molar-refractivity contribution in [1.82, 2.24) is 15.1 Å². The Morgan fingerprint density at radius 1 is 0.969 bits per heavy atom. The molecule has 4 aromatic rings. The first-order chi connectivity index (χ1) is 15.6. The van der Waals surface area contributed by atoms with Gasteiger partial charge in [0.2, 0.25) is 11.8 Å². The zero-order valence-electron chi connectivity index (χ0n) is 17.7. The molecule has 0 spiro atoms. The lowest BCUT2D eigenvalue weighted by atomic mass is 10.1. The van der Waals surface area contributed by atoms with E-state index >= 15 is 0 Å². The van der Waals surface area contributed by atoms with E-state index in [-0.39, 0.29) is 24.3 Å². The quantitative estimate of drug-likeness (QED) is 0.399. The minimum Gasteiger partial charge on any atom is -0.416 e. The Kier molecular flexibility index (Phi) is 5.27. The third-order valence-electron chi connectivity index (χ3n) is 5.62. The van der Waals surface area contributed by atoms with E-state index in [1.807, 2.05) is 31.2 Å². The summed E-state index contributed by atoms with van der Waals surface area (Å²) >= 11 is 0. The fourth-order valence-corrected chi connectivity index (χ4v) is 3.72. The highest BCUT2D eigenvalue weighted by Crippen LogP contribution is 2.31. The SMILES string of the molecule is Cc1cccc(-c2nnc(-c3ccc(C(=O)N(Cc4ccccc4F)C4CC4)cc3)o2)c1. The molecule has 1 aromatic heterocycles. The lowest BCUT2D eigenvalue weighted by Gasteiger charge is -2.23. The van der Waals surface area contributed by atoms with Gasteiger partial charge in [-0.2, -0.15) is 0 Å². The predicted octanol–water partition coefficient (Wildman–Crippen LogP) is 5.66. The summed E-state index contributed by atoms with van der Waals surface area (Å²) in [6.07, 6.45) is 1.89. The zero-order chi connectivity index (χ0) is 22.1. The van der Waals surface area contributed by atoms with Crippen molar-refractivity contribution in [3.8, 4) is 22.9 Å². The van der Waals surface area contributed by atoms with Crippen LogP contribution < -0.4 is 0 Å². The summed E-state index contributed by atoms with van der Waals surface area (Å²) in [4.78, 5) is 14.9. The van der Waals surface area contributed by atoms with Crippen molar-refractivity contribution in [2.24, 2.45) is 0 Å². The number of nitrogens with zero attached hydrogens (tertiary/aromatic N) is 3. The number of amides is 1. The van der Waals surface area contributed by atoms with Gasteiger partial charge in [0.05, 0.1) is 0 Å². The largest absolute Gasteiger partial charge is 0.416 e. The van der Waals surface area contributed by atoms with E-state index in [0.717, 1.165) is 29.5 Å². The highest BCUT2D eigenvalue weighted by molar-refractivity contribution is 5.95. The maximum Gasteiger partial charge on any atom is 0.254 e. The fraction of sp³-hybridized carbons (Fsp3) is 0.192. The van der Waals surface area contributed by atoms with Gasteiger partial charge in [0.1, 0.15) is 5.82 Å². The normalized spacial score (nSPS) is 13.2. The van der Waals surface area contributed by atoms with Crippen LogP contribution in [0.3, 0.4) is 0 Å². The summed E-state index contributed by atoms with van der Waals surface area (Å²) in [6, 6.07) is 21.7. The summed E-state index contributed by atoms with van der Waals surface area (Å²) in [5.74, 6) is 0.454. The standard InChI is InChI=1S/C26H22FN3O2/c1-17-5-4-7-20(15-17)25-29-28-24(32-25)18-9-11-19(12-10-18)26(31)30(22-13-14-22)16-21-6-2-3-8-23(21)27/h2-12,15,22H,13-14,16H2,1H3. The molecule has 32 heavy (non-hydrogen) atoms. The van der Waals surface area contributed by atoms with E-state index in [1.165, 1.54) is 6.07 Å². The van der Waals surface area contributed by atoms with Crippen LogP contribution in [-0.4, -0.2) is 27.0 Å². The molecule has 5 rings (SSSR count). The molecule has 3 aromatic carbocycles. The number of benzene rings is 3. The second-order valence-electron chi connectivity index (χ2n) is 8.11. The molecule has 0 unspecified atom stereocenters. The van der Waals surface area contributed by atoms with E-state index in [2.05, 4.69) is 10.2 Å². The van der Waals surface area contributed by atoms with Gasteiger partial charge in [-0.05, 0) is 62.2 Å². The van der Waals surface area contributed by atoms with Crippen LogP contribution in [0.5, 0.6) is 0 Å². The fourth-order valence-electron chi connectivity index (χ4n) is 3.72.